The summed E-state index contributed by atoms with van der Waals surface area (Å²) in [7, 11) is 0. The monoisotopic (exact) mass is 323 g/mol. The highest BCUT2D eigenvalue weighted by atomic mass is 16.3. The molecular formula is C19H21N3O2. The van der Waals surface area contributed by atoms with E-state index in [0.717, 1.165) is 30.0 Å². The Bertz CT molecular complexity index is 972. The molecule has 124 valence electrons. The molecule has 1 saturated carbocycles. The molecule has 0 unspecified atom stereocenters. The standard InChI is InChI=1S/C19H21N3O2/c1-11-8-15-17(23)14-9-13(7-6-12-4-2-3-5-12)21-10-16(14)24-19(15)22-18(11)20/h8-10,12H,2-7H2,1H3,(H2,20,22). The van der Waals surface area contributed by atoms with Crippen molar-refractivity contribution >= 4 is 27.9 Å². The number of pyridine rings is 2. The molecule has 5 nitrogen and oxygen atoms in total. The summed E-state index contributed by atoms with van der Waals surface area (Å²) in [6.07, 6.45) is 9.05. The molecule has 0 bridgehead atoms. The number of rotatable bonds is 3. The zero-order valence-corrected chi connectivity index (χ0v) is 13.8. The summed E-state index contributed by atoms with van der Waals surface area (Å²) in [6.45, 7) is 1.84. The van der Waals surface area contributed by atoms with Crippen LogP contribution in [0.15, 0.2) is 27.5 Å². The SMILES string of the molecule is Cc1cc2c(=O)c3cc(CCC4CCCC4)ncc3oc2nc1N. The lowest BCUT2D eigenvalue weighted by Gasteiger charge is -2.08. The molecule has 0 amide bonds. The van der Waals surface area contributed by atoms with E-state index in [0.29, 0.717) is 22.2 Å². The second-order valence-electron chi connectivity index (χ2n) is 6.84. The highest BCUT2D eigenvalue weighted by molar-refractivity contribution is 5.88. The number of nitrogens with two attached hydrogens (primary N) is 1. The zero-order valence-electron chi connectivity index (χ0n) is 13.8. The van der Waals surface area contributed by atoms with E-state index in [2.05, 4.69) is 9.97 Å². The van der Waals surface area contributed by atoms with E-state index in [4.69, 9.17) is 10.2 Å². The molecule has 0 aromatic carbocycles. The van der Waals surface area contributed by atoms with E-state index in [-0.39, 0.29) is 11.1 Å². The van der Waals surface area contributed by atoms with Gasteiger partial charge < -0.3 is 10.2 Å². The largest absolute Gasteiger partial charge is 0.436 e. The Morgan fingerprint density at radius 3 is 2.83 bits per heavy atom. The Kier molecular flexibility index (Phi) is 3.71. The molecule has 0 radical (unpaired) electrons. The highest BCUT2D eigenvalue weighted by Crippen LogP contribution is 2.29. The average Bonchev–Trinajstić information content (AvgIpc) is 3.09. The fourth-order valence-corrected chi connectivity index (χ4v) is 3.63. The van der Waals surface area contributed by atoms with Crippen LogP contribution in [0.3, 0.4) is 0 Å². The molecule has 1 aliphatic carbocycles. The quantitative estimate of drug-likeness (QED) is 0.742. The van der Waals surface area contributed by atoms with Crippen LogP contribution in [0.2, 0.25) is 0 Å². The minimum absolute atomic E-state index is 0.0635. The second-order valence-corrected chi connectivity index (χ2v) is 6.84. The Hall–Kier alpha value is -2.43. The number of aryl methyl sites for hydroxylation is 2. The molecule has 24 heavy (non-hydrogen) atoms. The lowest BCUT2D eigenvalue weighted by atomic mass is 10.00. The molecule has 3 aromatic heterocycles. The molecule has 0 spiro atoms. The van der Waals surface area contributed by atoms with Crippen molar-refractivity contribution in [1.29, 1.82) is 0 Å². The molecule has 1 aliphatic rings. The first-order valence-electron chi connectivity index (χ1n) is 8.60. The number of nitrogen functional groups attached to an aromatic ring is 1. The summed E-state index contributed by atoms with van der Waals surface area (Å²) >= 11 is 0. The first-order chi connectivity index (χ1) is 11.6. The maximum atomic E-state index is 12.8. The van der Waals surface area contributed by atoms with Crippen molar-refractivity contribution in [3.8, 4) is 0 Å². The molecule has 0 aliphatic heterocycles. The number of hydrogen-bond donors (Lipinski definition) is 1. The van der Waals surface area contributed by atoms with Gasteiger partial charge in [0.2, 0.25) is 11.1 Å². The summed E-state index contributed by atoms with van der Waals surface area (Å²) in [5.74, 6) is 1.19. The van der Waals surface area contributed by atoms with Gasteiger partial charge in [0, 0.05) is 5.69 Å². The predicted molar refractivity (Wildman–Crippen MR) is 95.0 cm³/mol. The maximum absolute atomic E-state index is 12.8. The Morgan fingerprint density at radius 1 is 1.25 bits per heavy atom. The van der Waals surface area contributed by atoms with Gasteiger partial charge in [-0.1, -0.05) is 25.7 Å². The Balaban J connectivity index is 1.75. The third-order valence-electron chi connectivity index (χ3n) is 5.12. The average molecular weight is 323 g/mol. The van der Waals surface area contributed by atoms with Gasteiger partial charge in [-0.3, -0.25) is 9.78 Å². The molecule has 5 heteroatoms. The van der Waals surface area contributed by atoms with Gasteiger partial charge in [-0.05, 0) is 43.4 Å². The topological polar surface area (TPSA) is 82.0 Å². The summed E-state index contributed by atoms with van der Waals surface area (Å²) < 4.78 is 5.74. The molecule has 4 rings (SSSR count). The van der Waals surface area contributed by atoms with Gasteiger partial charge in [0.25, 0.3) is 0 Å². The normalized spacial score (nSPS) is 15.5. The fourth-order valence-electron chi connectivity index (χ4n) is 3.63. The van der Waals surface area contributed by atoms with Crippen LogP contribution in [0.5, 0.6) is 0 Å². The number of aromatic nitrogens is 2. The van der Waals surface area contributed by atoms with Gasteiger partial charge in [0.05, 0.1) is 17.0 Å². The number of hydrogen-bond acceptors (Lipinski definition) is 5. The molecule has 3 aromatic rings. The number of fused-ring (bicyclic) bond motifs is 2. The van der Waals surface area contributed by atoms with Gasteiger partial charge in [-0.2, -0.15) is 4.98 Å². The van der Waals surface area contributed by atoms with Crippen molar-refractivity contribution in [3.63, 3.8) is 0 Å². The third-order valence-corrected chi connectivity index (χ3v) is 5.12. The van der Waals surface area contributed by atoms with E-state index in [1.165, 1.54) is 25.7 Å². The lowest BCUT2D eigenvalue weighted by molar-refractivity contribution is 0.501. The lowest BCUT2D eigenvalue weighted by Crippen LogP contribution is -2.07. The van der Waals surface area contributed by atoms with Crippen LogP contribution in [0.25, 0.3) is 22.1 Å². The third kappa shape index (κ3) is 2.64. The van der Waals surface area contributed by atoms with Crippen LogP contribution < -0.4 is 11.2 Å². The van der Waals surface area contributed by atoms with Crippen LogP contribution in [-0.4, -0.2) is 9.97 Å². The van der Waals surface area contributed by atoms with E-state index >= 15 is 0 Å². The summed E-state index contributed by atoms with van der Waals surface area (Å²) in [4.78, 5) is 21.4. The van der Waals surface area contributed by atoms with E-state index < -0.39 is 0 Å². The maximum Gasteiger partial charge on any atom is 0.232 e. The Labute approximate surface area is 139 Å². The van der Waals surface area contributed by atoms with E-state index in [1.54, 1.807) is 12.3 Å². The zero-order chi connectivity index (χ0) is 16.7. The van der Waals surface area contributed by atoms with Gasteiger partial charge >= 0.3 is 0 Å². The molecule has 1 fully saturated rings. The van der Waals surface area contributed by atoms with Crippen LogP contribution in [0.4, 0.5) is 5.82 Å². The van der Waals surface area contributed by atoms with Crippen molar-refractivity contribution in [3.05, 3.63) is 39.8 Å². The smallest absolute Gasteiger partial charge is 0.232 e. The van der Waals surface area contributed by atoms with E-state index in [1.807, 2.05) is 13.0 Å². The number of nitrogens with zero attached hydrogens (tertiary/aromatic N) is 2. The van der Waals surface area contributed by atoms with Crippen LogP contribution in [0, 0.1) is 12.8 Å². The van der Waals surface area contributed by atoms with Crippen molar-refractivity contribution in [1.82, 2.24) is 9.97 Å². The van der Waals surface area contributed by atoms with E-state index in [9.17, 15) is 4.79 Å². The van der Waals surface area contributed by atoms with Crippen molar-refractivity contribution in [2.45, 2.75) is 45.4 Å². The first-order valence-corrected chi connectivity index (χ1v) is 8.60. The fraction of sp³-hybridized carbons (Fsp3) is 0.421. The summed E-state index contributed by atoms with van der Waals surface area (Å²) in [5, 5.41) is 1.05. The van der Waals surface area contributed by atoms with Crippen LogP contribution in [0.1, 0.15) is 43.4 Å². The molecular weight excluding hydrogens is 302 g/mol. The summed E-state index contributed by atoms with van der Waals surface area (Å²) in [6, 6.07) is 3.63. The second kappa shape index (κ2) is 5.89. The number of anilines is 1. The molecule has 0 saturated heterocycles. The first kappa shape index (κ1) is 15.1. The van der Waals surface area contributed by atoms with Gasteiger partial charge in [-0.25, -0.2) is 0 Å². The Morgan fingerprint density at radius 2 is 2.04 bits per heavy atom. The minimum atomic E-state index is -0.0635. The van der Waals surface area contributed by atoms with Crippen LogP contribution >= 0.6 is 0 Å². The highest BCUT2D eigenvalue weighted by Gasteiger charge is 2.16. The molecule has 2 N–H and O–H groups in total. The van der Waals surface area contributed by atoms with Crippen molar-refractivity contribution in [2.75, 3.05) is 5.73 Å². The minimum Gasteiger partial charge on any atom is -0.436 e. The van der Waals surface area contributed by atoms with Gasteiger partial charge in [0.15, 0.2) is 5.58 Å². The molecule has 3 heterocycles. The van der Waals surface area contributed by atoms with Crippen molar-refractivity contribution < 1.29 is 4.42 Å². The van der Waals surface area contributed by atoms with Crippen LogP contribution in [-0.2, 0) is 6.42 Å². The van der Waals surface area contributed by atoms with Crippen molar-refractivity contribution in [2.24, 2.45) is 5.92 Å². The molecule has 0 atom stereocenters. The van der Waals surface area contributed by atoms with Gasteiger partial charge in [-0.15, -0.1) is 0 Å². The summed E-state index contributed by atoms with van der Waals surface area (Å²) in [5.41, 5.74) is 8.23. The van der Waals surface area contributed by atoms with Gasteiger partial charge in [0.1, 0.15) is 5.82 Å². The predicted octanol–water partition coefficient (Wildman–Crippen LogP) is 3.75.